The summed E-state index contributed by atoms with van der Waals surface area (Å²) >= 11 is 0. The van der Waals surface area contributed by atoms with Gasteiger partial charge in [0.15, 0.2) is 0 Å². The van der Waals surface area contributed by atoms with Crippen molar-refractivity contribution in [1.29, 1.82) is 0 Å². The quantitative estimate of drug-likeness (QED) is 0.647. The minimum atomic E-state index is 0.718. The number of fused-ring (bicyclic) bond motifs is 5. The van der Waals surface area contributed by atoms with Crippen molar-refractivity contribution < 1.29 is 0 Å². The maximum Gasteiger partial charge on any atom is 0.111 e. The summed E-state index contributed by atoms with van der Waals surface area (Å²) in [5.74, 6) is 1.31. The summed E-state index contributed by atoms with van der Waals surface area (Å²) < 4.78 is 2.53. The molecule has 3 aromatic rings. The molecule has 1 saturated carbocycles. The van der Waals surface area contributed by atoms with Crippen molar-refractivity contribution in [3.05, 3.63) is 53.9 Å². The Morgan fingerprint density at radius 2 is 1.63 bits per heavy atom. The minimum Gasteiger partial charge on any atom is -0.326 e. The van der Waals surface area contributed by atoms with Gasteiger partial charge in [-0.2, -0.15) is 0 Å². The lowest BCUT2D eigenvalue weighted by atomic mass is 9.90. The maximum absolute atomic E-state index is 5.11. The van der Waals surface area contributed by atoms with Gasteiger partial charge in [-0.1, -0.05) is 42.3 Å². The highest BCUT2D eigenvalue weighted by molar-refractivity contribution is 5.82. The lowest BCUT2D eigenvalue weighted by Crippen LogP contribution is -2.48. The average Bonchev–Trinajstić information content (AvgIpc) is 3.11. The smallest absolute Gasteiger partial charge is 0.111 e. The van der Waals surface area contributed by atoms with E-state index >= 15 is 0 Å². The normalized spacial score (nSPS) is 25.4. The predicted molar refractivity (Wildman–Crippen MR) is 110 cm³/mol. The summed E-state index contributed by atoms with van der Waals surface area (Å²) in [4.78, 5) is 7.99. The van der Waals surface area contributed by atoms with Crippen LogP contribution in [-0.2, 0) is 13.0 Å². The number of rotatable bonds is 2. The van der Waals surface area contributed by atoms with Gasteiger partial charge in [-0.25, -0.2) is 4.98 Å². The highest BCUT2D eigenvalue weighted by Crippen LogP contribution is 2.39. The summed E-state index contributed by atoms with van der Waals surface area (Å²) in [6, 6.07) is 18.0. The van der Waals surface area contributed by atoms with Gasteiger partial charge in [-0.15, -0.1) is 0 Å². The first kappa shape index (κ1) is 15.9. The highest BCUT2D eigenvalue weighted by Gasteiger charge is 2.42. The fourth-order valence-corrected chi connectivity index (χ4v) is 5.54. The molecule has 3 heterocycles. The Morgan fingerprint density at radius 1 is 0.852 bits per heavy atom. The van der Waals surface area contributed by atoms with E-state index in [0.717, 1.165) is 31.1 Å². The zero-order valence-corrected chi connectivity index (χ0v) is 16.1. The first-order valence-electron chi connectivity index (χ1n) is 10.6. The second-order valence-electron chi connectivity index (χ2n) is 8.83. The van der Waals surface area contributed by atoms with Crippen molar-refractivity contribution in [2.75, 3.05) is 0 Å². The lowest BCUT2D eigenvalue weighted by Gasteiger charge is -2.41. The van der Waals surface area contributed by atoms with Gasteiger partial charge in [0.25, 0.3) is 0 Å². The molecule has 0 unspecified atom stereocenters. The molecule has 6 rings (SSSR count). The van der Waals surface area contributed by atoms with Gasteiger partial charge in [-0.05, 0) is 55.9 Å². The molecule has 2 fully saturated rings. The molecular weight excluding hydrogens is 330 g/mol. The van der Waals surface area contributed by atoms with Gasteiger partial charge >= 0.3 is 0 Å². The van der Waals surface area contributed by atoms with Crippen molar-refractivity contribution in [2.24, 2.45) is 0 Å². The average molecular weight is 358 g/mol. The summed E-state index contributed by atoms with van der Waals surface area (Å²) in [6.07, 6.45) is 8.10. The molecule has 0 spiro atoms. The van der Waals surface area contributed by atoms with Gasteiger partial charge < -0.3 is 4.57 Å². The summed E-state index contributed by atoms with van der Waals surface area (Å²) in [7, 11) is 0. The highest BCUT2D eigenvalue weighted by atomic mass is 15.3. The van der Waals surface area contributed by atoms with Crippen LogP contribution in [0.3, 0.4) is 0 Å². The number of hydrogen-bond acceptors (Lipinski definition) is 2. The van der Waals surface area contributed by atoms with Gasteiger partial charge in [0, 0.05) is 31.1 Å². The molecule has 2 bridgehead atoms. The first-order valence-corrected chi connectivity index (χ1v) is 10.6. The van der Waals surface area contributed by atoms with Crippen LogP contribution >= 0.6 is 0 Å². The molecule has 3 nitrogen and oxygen atoms in total. The third-order valence-electron chi connectivity index (χ3n) is 7.20. The van der Waals surface area contributed by atoms with Crippen molar-refractivity contribution in [1.82, 2.24) is 14.5 Å². The van der Waals surface area contributed by atoms with E-state index < -0.39 is 0 Å². The Labute approximate surface area is 161 Å². The Morgan fingerprint density at radius 3 is 2.41 bits per heavy atom. The van der Waals surface area contributed by atoms with Crippen molar-refractivity contribution >= 4 is 11.0 Å². The third kappa shape index (κ3) is 2.48. The van der Waals surface area contributed by atoms with E-state index in [1.54, 1.807) is 0 Å². The van der Waals surface area contributed by atoms with E-state index in [1.807, 2.05) is 0 Å². The topological polar surface area (TPSA) is 21.1 Å². The Kier molecular flexibility index (Phi) is 3.49. The van der Waals surface area contributed by atoms with Gasteiger partial charge in [0.1, 0.15) is 5.82 Å². The van der Waals surface area contributed by atoms with Crippen LogP contribution in [0.2, 0.25) is 0 Å². The van der Waals surface area contributed by atoms with E-state index in [2.05, 4.69) is 58.9 Å². The Hall–Kier alpha value is -2.13. The standard InChI is InChI=1S/C24H27N3/c1-16-5-7-17(8-6-16)18-9-12-23-22(13-18)25-24-14-20-10-11-21(15-26(23)24)27(20)19-3-2-4-19/h5-9,12-13,19-21H,2-4,10-11,14-15H2,1H3/t20-,21+/m1/s1. The lowest BCUT2D eigenvalue weighted by molar-refractivity contribution is 0.0739. The number of nitrogens with zero attached hydrogens (tertiary/aromatic N) is 3. The van der Waals surface area contributed by atoms with Crippen molar-refractivity contribution in [3.63, 3.8) is 0 Å². The van der Waals surface area contributed by atoms with Gasteiger partial charge in [0.05, 0.1) is 11.0 Å². The van der Waals surface area contributed by atoms with Crippen LogP contribution in [0, 0.1) is 6.92 Å². The second kappa shape index (κ2) is 5.93. The van der Waals surface area contributed by atoms with E-state index in [1.165, 1.54) is 65.7 Å². The SMILES string of the molecule is Cc1ccc(-c2ccc3c(c2)nc2n3C[C@@H]3CC[C@H](C2)N3C2CCC2)cc1. The number of aryl methyl sites for hydroxylation is 1. The van der Waals surface area contributed by atoms with Crippen LogP contribution < -0.4 is 0 Å². The summed E-state index contributed by atoms with van der Waals surface area (Å²) in [5.41, 5.74) is 6.35. The molecule has 2 aromatic carbocycles. The van der Waals surface area contributed by atoms with Crippen LogP contribution in [0.15, 0.2) is 42.5 Å². The van der Waals surface area contributed by atoms with Crippen LogP contribution in [-0.4, -0.2) is 32.6 Å². The Bertz CT molecular complexity index is 996. The molecule has 0 radical (unpaired) electrons. The van der Waals surface area contributed by atoms with Crippen LogP contribution in [0.5, 0.6) is 0 Å². The Balaban J connectivity index is 1.38. The largest absolute Gasteiger partial charge is 0.326 e. The van der Waals surface area contributed by atoms with E-state index in [0.29, 0.717) is 0 Å². The zero-order valence-electron chi connectivity index (χ0n) is 16.1. The summed E-state index contributed by atoms with van der Waals surface area (Å²) in [6.45, 7) is 3.27. The fourth-order valence-electron chi connectivity index (χ4n) is 5.54. The van der Waals surface area contributed by atoms with Crippen molar-refractivity contribution in [3.8, 4) is 11.1 Å². The molecule has 3 heteroatoms. The molecule has 0 amide bonds. The molecule has 1 aromatic heterocycles. The molecule has 0 N–H and O–H groups in total. The third-order valence-corrected chi connectivity index (χ3v) is 7.20. The van der Waals surface area contributed by atoms with E-state index in [4.69, 9.17) is 4.98 Å². The van der Waals surface area contributed by atoms with Crippen LogP contribution in [0.4, 0.5) is 0 Å². The predicted octanol–water partition coefficient (Wildman–Crippen LogP) is 4.95. The molecule has 2 atom stereocenters. The molecule has 3 aliphatic rings. The van der Waals surface area contributed by atoms with Gasteiger partial charge in [-0.3, -0.25) is 4.90 Å². The number of hydrogen-bond donors (Lipinski definition) is 0. The first-order chi connectivity index (χ1) is 13.3. The van der Waals surface area contributed by atoms with E-state index in [9.17, 15) is 0 Å². The van der Waals surface area contributed by atoms with Crippen molar-refractivity contribution in [2.45, 2.75) is 70.1 Å². The molecule has 2 aliphatic heterocycles. The summed E-state index contributed by atoms with van der Waals surface area (Å²) in [5, 5.41) is 0. The van der Waals surface area contributed by atoms with Gasteiger partial charge in [0.2, 0.25) is 0 Å². The van der Waals surface area contributed by atoms with Crippen LogP contribution in [0.1, 0.15) is 43.5 Å². The monoisotopic (exact) mass is 357 g/mol. The molecule has 138 valence electrons. The molecular formula is C24H27N3. The number of imidazole rings is 1. The second-order valence-corrected chi connectivity index (χ2v) is 8.83. The molecule has 1 saturated heterocycles. The van der Waals surface area contributed by atoms with E-state index in [-0.39, 0.29) is 0 Å². The molecule has 27 heavy (non-hydrogen) atoms. The zero-order chi connectivity index (χ0) is 18.0. The maximum atomic E-state index is 5.11. The fraction of sp³-hybridized carbons (Fsp3) is 0.458. The minimum absolute atomic E-state index is 0.718. The van der Waals surface area contributed by atoms with Crippen LogP contribution in [0.25, 0.3) is 22.2 Å². The number of aromatic nitrogens is 2. The molecule has 1 aliphatic carbocycles. The number of benzene rings is 2.